The van der Waals surface area contributed by atoms with Gasteiger partial charge in [-0.3, -0.25) is 4.79 Å². The second-order valence-corrected chi connectivity index (χ2v) is 7.35. The molecule has 3 rings (SSSR count). The molecule has 1 N–H and O–H groups in total. The first-order valence-electron chi connectivity index (χ1n) is 8.93. The van der Waals surface area contributed by atoms with Gasteiger partial charge in [-0.05, 0) is 66.4 Å². The summed E-state index contributed by atoms with van der Waals surface area (Å²) in [5.41, 5.74) is 3.04. The SMILES string of the molecule is CN1CCC(OCCCNC(=O)c2ccc(-c3ccsc3)cc2)CC1. The van der Waals surface area contributed by atoms with Gasteiger partial charge in [-0.15, -0.1) is 0 Å². The molecule has 1 fully saturated rings. The van der Waals surface area contributed by atoms with Crippen LogP contribution in [0.1, 0.15) is 29.6 Å². The molecule has 0 atom stereocenters. The number of carbonyl (C=O) groups is 1. The lowest BCUT2D eigenvalue weighted by Crippen LogP contribution is -2.34. The third-order valence-electron chi connectivity index (χ3n) is 4.63. The van der Waals surface area contributed by atoms with Gasteiger partial charge in [0.05, 0.1) is 6.10 Å². The molecule has 134 valence electrons. The van der Waals surface area contributed by atoms with Crippen molar-refractivity contribution in [2.24, 2.45) is 0 Å². The normalized spacial score (nSPS) is 16.0. The summed E-state index contributed by atoms with van der Waals surface area (Å²) in [4.78, 5) is 14.5. The molecular formula is C20H26N2O2S. The van der Waals surface area contributed by atoms with Gasteiger partial charge in [-0.25, -0.2) is 0 Å². The van der Waals surface area contributed by atoms with Crippen molar-refractivity contribution in [3.8, 4) is 11.1 Å². The van der Waals surface area contributed by atoms with Crippen molar-refractivity contribution in [1.29, 1.82) is 0 Å². The minimum Gasteiger partial charge on any atom is -0.378 e. The van der Waals surface area contributed by atoms with Gasteiger partial charge in [0.15, 0.2) is 0 Å². The molecule has 0 aliphatic carbocycles. The van der Waals surface area contributed by atoms with Crippen LogP contribution in [0, 0.1) is 0 Å². The van der Waals surface area contributed by atoms with Crippen LogP contribution in [0.3, 0.4) is 0 Å². The number of amides is 1. The largest absolute Gasteiger partial charge is 0.378 e. The maximum absolute atomic E-state index is 12.2. The highest BCUT2D eigenvalue weighted by Gasteiger charge is 2.16. The number of nitrogens with one attached hydrogen (secondary N) is 1. The molecule has 5 heteroatoms. The second kappa shape index (κ2) is 9.13. The van der Waals surface area contributed by atoms with Crippen LogP contribution in [0.15, 0.2) is 41.1 Å². The molecule has 0 saturated carbocycles. The Morgan fingerprint density at radius 1 is 1.20 bits per heavy atom. The van der Waals surface area contributed by atoms with Crippen LogP contribution in [0.2, 0.25) is 0 Å². The fourth-order valence-electron chi connectivity index (χ4n) is 3.02. The molecule has 1 aromatic carbocycles. The van der Waals surface area contributed by atoms with Gasteiger partial charge < -0.3 is 15.0 Å². The molecule has 0 spiro atoms. The van der Waals surface area contributed by atoms with E-state index < -0.39 is 0 Å². The summed E-state index contributed by atoms with van der Waals surface area (Å²) in [6, 6.07) is 9.86. The minimum absolute atomic E-state index is 0.0174. The standard InChI is InChI=1S/C20H26N2O2S/c1-22-11-7-19(8-12-22)24-13-2-10-21-20(23)17-5-3-16(4-6-17)18-9-14-25-15-18/h3-6,9,14-15,19H,2,7-8,10-13H2,1H3,(H,21,23). The van der Waals surface area contributed by atoms with Crippen molar-refractivity contribution in [3.05, 3.63) is 46.7 Å². The van der Waals surface area contributed by atoms with Crippen molar-refractivity contribution < 1.29 is 9.53 Å². The molecule has 0 radical (unpaired) electrons. The molecule has 2 heterocycles. The number of carbonyl (C=O) groups excluding carboxylic acids is 1. The molecule has 4 nitrogen and oxygen atoms in total. The molecule has 1 aliphatic rings. The Balaban J connectivity index is 1.35. The average Bonchev–Trinajstić information content (AvgIpc) is 3.18. The number of hydrogen-bond acceptors (Lipinski definition) is 4. The summed E-state index contributed by atoms with van der Waals surface area (Å²) < 4.78 is 5.90. The van der Waals surface area contributed by atoms with Gasteiger partial charge in [-0.1, -0.05) is 12.1 Å². The summed E-state index contributed by atoms with van der Waals surface area (Å²) in [6.07, 6.45) is 3.46. The third-order valence-corrected chi connectivity index (χ3v) is 5.31. The lowest BCUT2D eigenvalue weighted by molar-refractivity contribution is 0.0117. The number of hydrogen-bond donors (Lipinski definition) is 1. The van der Waals surface area contributed by atoms with Crippen LogP contribution in [-0.4, -0.2) is 50.2 Å². The number of ether oxygens (including phenoxy) is 1. The van der Waals surface area contributed by atoms with Crippen LogP contribution in [0.5, 0.6) is 0 Å². The van der Waals surface area contributed by atoms with Gasteiger partial charge in [0.1, 0.15) is 0 Å². The molecular weight excluding hydrogens is 332 g/mol. The first kappa shape index (κ1) is 18.1. The monoisotopic (exact) mass is 358 g/mol. The van der Waals surface area contributed by atoms with Crippen LogP contribution in [-0.2, 0) is 4.74 Å². The zero-order valence-electron chi connectivity index (χ0n) is 14.7. The van der Waals surface area contributed by atoms with Crippen LogP contribution in [0.4, 0.5) is 0 Å². The number of likely N-dealkylation sites (tertiary alicyclic amines) is 1. The number of benzene rings is 1. The fourth-order valence-corrected chi connectivity index (χ4v) is 3.69. The molecule has 0 bridgehead atoms. The number of rotatable bonds is 7. The summed E-state index contributed by atoms with van der Waals surface area (Å²) in [6.45, 7) is 3.59. The van der Waals surface area contributed by atoms with E-state index in [9.17, 15) is 4.79 Å². The Morgan fingerprint density at radius 2 is 1.96 bits per heavy atom. The molecule has 2 aromatic rings. The van der Waals surface area contributed by atoms with Gasteiger partial charge in [-0.2, -0.15) is 11.3 Å². The topological polar surface area (TPSA) is 41.6 Å². The van der Waals surface area contributed by atoms with Gasteiger partial charge >= 0.3 is 0 Å². The summed E-state index contributed by atoms with van der Waals surface area (Å²) >= 11 is 1.68. The van der Waals surface area contributed by atoms with Gasteiger partial charge in [0, 0.05) is 31.8 Å². The van der Waals surface area contributed by atoms with E-state index in [0.29, 0.717) is 24.8 Å². The van der Waals surface area contributed by atoms with E-state index in [0.717, 1.165) is 37.9 Å². The highest BCUT2D eigenvalue weighted by atomic mass is 32.1. The lowest BCUT2D eigenvalue weighted by atomic mass is 10.1. The minimum atomic E-state index is -0.0174. The third kappa shape index (κ3) is 5.39. The average molecular weight is 359 g/mol. The highest BCUT2D eigenvalue weighted by Crippen LogP contribution is 2.22. The van der Waals surface area contributed by atoms with Crippen LogP contribution in [0.25, 0.3) is 11.1 Å². The van der Waals surface area contributed by atoms with Crippen molar-refractivity contribution in [2.75, 3.05) is 33.3 Å². The molecule has 1 aromatic heterocycles. The van der Waals surface area contributed by atoms with Crippen LogP contribution >= 0.6 is 11.3 Å². The van der Waals surface area contributed by atoms with E-state index in [-0.39, 0.29) is 5.91 Å². The maximum Gasteiger partial charge on any atom is 0.251 e. The molecule has 1 aliphatic heterocycles. The number of thiophene rings is 1. The Hall–Kier alpha value is -1.69. The molecule has 25 heavy (non-hydrogen) atoms. The molecule has 1 amide bonds. The zero-order chi connectivity index (χ0) is 17.5. The second-order valence-electron chi connectivity index (χ2n) is 6.57. The predicted octanol–water partition coefficient (Wildman–Crippen LogP) is 3.65. The van der Waals surface area contributed by atoms with Crippen molar-refractivity contribution >= 4 is 17.2 Å². The first-order chi connectivity index (χ1) is 12.2. The number of nitrogens with zero attached hydrogens (tertiary/aromatic N) is 1. The summed E-state index contributed by atoms with van der Waals surface area (Å²) in [5, 5.41) is 7.14. The maximum atomic E-state index is 12.2. The molecule has 0 unspecified atom stereocenters. The predicted molar refractivity (Wildman–Crippen MR) is 103 cm³/mol. The lowest BCUT2D eigenvalue weighted by Gasteiger charge is -2.28. The summed E-state index contributed by atoms with van der Waals surface area (Å²) in [7, 11) is 2.15. The Labute approximate surface area is 153 Å². The van der Waals surface area contributed by atoms with Crippen LogP contribution < -0.4 is 5.32 Å². The summed E-state index contributed by atoms with van der Waals surface area (Å²) in [5.74, 6) is -0.0174. The van der Waals surface area contributed by atoms with Crippen molar-refractivity contribution in [2.45, 2.75) is 25.4 Å². The van der Waals surface area contributed by atoms with Crippen molar-refractivity contribution in [3.63, 3.8) is 0 Å². The first-order valence-corrected chi connectivity index (χ1v) is 9.87. The smallest absolute Gasteiger partial charge is 0.251 e. The number of piperidine rings is 1. The van der Waals surface area contributed by atoms with E-state index in [4.69, 9.17) is 4.74 Å². The van der Waals surface area contributed by atoms with Crippen molar-refractivity contribution in [1.82, 2.24) is 10.2 Å². The molecule has 1 saturated heterocycles. The Morgan fingerprint density at radius 3 is 2.64 bits per heavy atom. The zero-order valence-corrected chi connectivity index (χ0v) is 15.6. The van der Waals surface area contributed by atoms with Gasteiger partial charge in [0.2, 0.25) is 0 Å². The van der Waals surface area contributed by atoms with E-state index in [1.54, 1.807) is 11.3 Å². The Kier molecular flexibility index (Phi) is 6.62. The van der Waals surface area contributed by atoms with E-state index in [2.05, 4.69) is 34.1 Å². The van der Waals surface area contributed by atoms with E-state index in [1.165, 1.54) is 5.56 Å². The highest BCUT2D eigenvalue weighted by molar-refractivity contribution is 7.08. The fraction of sp³-hybridized carbons (Fsp3) is 0.450. The Bertz CT molecular complexity index is 647. The van der Waals surface area contributed by atoms with E-state index >= 15 is 0 Å². The van der Waals surface area contributed by atoms with Gasteiger partial charge in [0.25, 0.3) is 5.91 Å². The van der Waals surface area contributed by atoms with E-state index in [1.807, 2.05) is 24.3 Å². The quantitative estimate of drug-likeness (QED) is 0.768.